The molecule has 1 N–H and O–H groups in total. The highest BCUT2D eigenvalue weighted by Crippen LogP contribution is 2.60. The summed E-state index contributed by atoms with van der Waals surface area (Å²) in [6, 6.07) is 9.68. The Morgan fingerprint density at radius 3 is 2.29 bits per heavy atom. The lowest BCUT2D eigenvalue weighted by Crippen LogP contribution is -2.55. The van der Waals surface area contributed by atoms with Gasteiger partial charge in [0.15, 0.2) is 0 Å². The minimum atomic E-state index is -0.124. The number of carbonyl (C=O) groups excluding carboxylic acids is 1. The van der Waals surface area contributed by atoms with Crippen LogP contribution in [0.4, 0.5) is 0 Å². The predicted octanol–water partition coefficient (Wildman–Crippen LogP) is 3.27. The number of H-pyrrole nitrogens is 1. The molecule has 1 aromatic heterocycles. The van der Waals surface area contributed by atoms with Crippen molar-refractivity contribution in [2.24, 2.45) is 23.2 Å². The molecule has 2 heterocycles. The zero-order valence-electron chi connectivity index (χ0n) is 16.2. The number of nitrogens with zero attached hydrogens (tertiary/aromatic N) is 2. The quantitative estimate of drug-likeness (QED) is 0.873. The van der Waals surface area contributed by atoms with E-state index >= 15 is 0 Å². The van der Waals surface area contributed by atoms with Crippen LogP contribution in [-0.4, -0.2) is 27.1 Å². The van der Waals surface area contributed by atoms with E-state index in [0.717, 1.165) is 66.9 Å². The predicted molar refractivity (Wildman–Crippen MR) is 106 cm³/mol. The van der Waals surface area contributed by atoms with Crippen LogP contribution < -0.4 is 5.56 Å². The third kappa shape index (κ3) is 2.38. The lowest BCUT2D eigenvalue weighted by atomic mass is 9.49. The molecule has 1 aliphatic heterocycles. The molecular weight excluding hydrogens is 350 g/mol. The normalized spacial score (nSPS) is 33.1. The summed E-state index contributed by atoms with van der Waals surface area (Å²) in [5.41, 5.74) is 2.47. The van der Waals surface area contributed by atoms with E-state index in [1.54, 1.807) is 4.68 Å². The van der Waals surface area contributed by atoms with E-state index in [2.05, 4.69) is 5.10 Å². The van der Waals surface area contributed by atoms with E-state index < -0.39 is 0 Å². The Hall–Kier alpha value is -2.30. The standard InChI is InChI=1S/C23H27N3O2/c27-21-19-14-25(7-6-20(19)24-26(21)18-4-2-1-3-5-18)22(28)23-11-15-8-16(12-23)10-17(9-15)13-23/h1-5,15-17,24H,6-14H2. The molecule has 5 aliphatic rings. The number of carbonyl (C=O) groups is 1. The average molecular weight is 377 g/mol. The van der Waals surface area contributed by atoms with E-state index in [4.69, 9.17) is 0 Å². The first kappa shape index (κ1) is 16.6. The number of rotatable bonds is 2. The van der Waals surface area contributed by atoms with Crippen LogP contribution in [0.2, 0.25) is 0 Å². The minimum Gasteiger partial charge on any atom is -0.337 e. The first-order chi connectivity index (χ1) is 13.6. The molecule has 28 heavy (non-hydrogen) atoms. The highest BCUT2D eigenvalue weighted by Gasteiger charge is 2.55. The van der Waals surface area contributed by atoms with Gasteiger partial charge in [-0.3, -0.25) is 14.7 Å². The Bertz CT molecular complexity index is 952. The van der Waals surface area contributed by atoms with E-state index in [9.17, 15) is 9.59 Å². The van der Waals surface area contributed by atoms with Gasteiger partial charge in [0.25, 0.3) is 5.56 Å². The van der Waals surface area contributed by atoms with Crippen molar-refractivity contribution in [1.29, 1.82) is 0 Å². The Morgan fingerprint density at radius 2 is 1.64 bits per heavy atom. The summed E-state index contributed by atoms with van der Waals surface area (Å²) in [5.74, 6) is 2.62. The second-order valence-electron chi connectivity index (χ2n) is 9.72. The number of para-hydroxylation sites is 1. The molecule has 4 saturated carbocycles. The number of hydrogen-bond acceptors (Lipinski definition) is 2. The smallest absolute Gasteiger partial charge is 0.276 e. The molecule has 4 aliphatic carbocycles. The molecule has 2 aromatic rings. The third-order valence-corrected chi connectivity index (χ3v) is 7.85. The first-order valence-corrected chi connectivity index (χ1v) is 10.8. The fourth-order valence-corrected chi connectivity index (χ4v) is 7.04. The minimum absolute atomic E-state index is 0.00999. The maximum absolute atomic E-state index is 13.7. The molecule has 4 fully saturated rings. The number of hydrogen-bond donors (Lipinski definition) is 1. The Kier molecular flexibility index (Phi) is 3.48. The summed E-state index contributed by atoms with van der Waals surface area (Å²) in [7, 11) is 0. The largest absolute Gasteiger partial charge is 0.337 e. The van der Waals surface area contributed by atoms with Crippen LogP contribution in [-0.2, 0) is 17.8 Å². The van der Waals surface area contributed by atoms with Gasteiger partial charge in [0.2, 0.25) is 5.91 Å². The molecule has 0 unspecified atom stereocenters. The van der Waals surface area contributed by atoms with Gasteiger partial charge >= 0.3 is 0 Å². The summed E-state index contributed by atoms with van der Waals surface area (Å²) in [5, 5.41) is 3.28. The SMILES string of the molecule is O=C(N1CCc2[nH]n(-c3ccccc3)c(=O)c2C1)C12CC3CC(CC(C3)C1)C2. The monoisotopic (exact) mass is 377 g/mol. The van der Waals surface area contributed by atoms with Gasteiger partial charge in [-0.15, -0.1) is 0 Å². The molecule has 5 heteroatoms. The molecule has 1 aromatic carbocycles. The fourth-order valence-electron chi connectivity index (χ4n) is 7.04. The molecule has 0 atom stereocenters. The van der Waals surface area contributed by atoms with E-state index in [-0.39, 0.29) is 11.0 Å². The van der Waals surface area contributed by atoms with Gasteiger partial charge < -0.3 is 4.90 Å². The van der Waals surface area contributed by atoms with Gasteiger partial charge in [-0.05, 0) is 68.4 Å². The maximum Gasteiger partial charge on any atom is 0.276 e. The van der Waals surface area contributed by atoms with Crippen LogP contribution in [0, 0.1) is 23.2 Å². The number of aromatic amines is 1. The molecule has 0 saturated heterocycles. The molecule has 7 rings (SSSR count). The Labute approximate surface area is 164 Å². The topological polar surface area (TPSA) is 58.1 Å². The van der Waals surface area contributed by atoms with Gasteiger partial charge in [-0.1, -0.05) is 18.2 Å². The lowest BCUT2D eigenvalue weighted by Gasteiger charge is -2.56. The zero-order chi connectivity index (χ0) is 18.9. The van der Waals surface area contributed by atoms with Crippen molar-refractivity contribution in [3.63, 3.8) is 0 Å². The lowest BCUT2D eigenvalue weighted by molar-refractivity contribution is -0.158. The Balaban J connectivity index is 1.29. The van der Waals surface area contributed by atoms with E-state index in [1.165, 1.54) is 19.3 Å². The summed E-state index contributed by atoms with van der Waals surface area (Å²) in [4.78, 5) is 28.7. The number of fused-ring (bicyclic) bond motifs is 1. The van der Waals surface area contributed by atoms with Crippen molar-refractivity contribution < 1.29 is 4.79 Å². The third-order valence-electron chi connectivity index (χ3n) is 7.85. The molecule has 5 nitrogen and oxygen atoms in total. The van der Waals surface area contributed by atoms with Crippen molar-refractivity contribution in [3.05, 3.63) is 51.9 Å². The molecule has 1 amide bonds. The van der Waals surface area contributed by atoms with Crippen molar-refractivity contribution >= 4 is 5.91 Å². The van der Waals surface area contributed by atoms with Crippen molar-refractivity contribution in [1.82, 2.24) is 14.7 Å². The van der Waals surface area contributed by atoms with Gasteiger partial charge in [-0.25, -0.2) is 4.68 Å². The van der Waals surface area contributed by atoms with Gasteiger partial charge in [0, 0.05) is 18.7 Å². The number of amides is 1. The number of nitrogens with one attached hydrogen (secondary N) is 1. The maximum atomic E-state index is 13.7. The highest BCUT2D eigenvalue weighted by atomic mass is 16.2. The van der Waals surface area contributed by atoms with Crippen LogP contribution in [0.15, 0.2) is 35.1 Å². The molecule has 4 bridgehead atoms. The number of aromatic nitrogens is 2. The van der Waals surface area contributed by atoms with Crippen molar-refractivity contribution in [3.8, 4) is 5.69 Å². The van der Waals surface area contributed by atoms with Gasteiger partial charge in [0.1, 0.15) is 0 Å². The average Bonchev–Trinajstić information content (AvgIpc) is 3.03. The van der Waals surface area contributed by atoms with Crippen LogP contribution >= 0.6 is 0 Å². The van der Waals surface area contributed by atoms with Gasteiger partial charge in [-0.2, -0.15) is 0 Å². The molecular formula is C23H27N3O2. The molecule has 0 spiro atoms. The van der Waals surface area contributed by atoms with Crippen LogP contribution in [0.25, 0.3) is 5.69 Å². The van der Waals surface area contributed by atoms with Crippen LogP contribution in [0.1, 0.15) is 49.8 Å². The molecule has 146 valence electrons. The second-order valence-corrected chi connectivity index (χ2v) is 9.72. The first-order valence-electron chi connectivity index (χ1n) is 10.8. The van der Waals surface area contributed by atoms with Crippen LogP contribution in [0.5, 0.6) is 0 Å². The zero-order valence-corrected chi connectivity index (χ0v) is 16.2. The molecule has 0 radical (unpaired) electrons. The second kappa shape index (κ2) is 5.85. The number of benzene rings is 1. The summed E-state index contributed by atoms with van der Waals surface area (Å²) < 4.78 is 1.63. The fraction of sp³-hybridized carbons (Fsp3) is 0.565. The van der Waals surface area contributed by atoms with E-state index in [1.807, 2.05) is 35.2 Å². The highest BCUT2D eigenvalue weighted by molar-refractivity contribution is 5.83. The van der Waals surface area contributed by atoms with Crippen LogP contribution in [0.3, 0.4) is 0 Å². The Morgan fingerprint density at radius 1 is 1.00 bits per heavy atom. The van der Waals surface area contributed by atoms with E-state index in [0.29, 0.717) is 12.5 Å². The van der Waals surface area contributed by atoms with Crippen molar-refractivity contribution in [2.45, 2.75) is 51.5 Å². The summed E-state index contributed by atoms with van der Waals surface area (Å²) in [6.07, 6.45) is 8.03. The summed E-state index contributed by atoms with van der Waals surface area (Å²) in [6.45, 7) is 1.19. The van der Waals surface area contributed by atoms with Gasteiger partial charge in [0.05, 0.1) is 23.2 Å². The summed E-state index contributed by atoms with van der Waals surface area (Å²) >= 11 is 0. The van der Waals surface area contributed by atoms with Crippen molar-refractivity contribution in [2.75, 3.05) is 6.54 Å².